The molecule has 1 rings (SSSR count). The summed E-state index contributed by atoms with van der Waals surface area (Å²) in [7, 11) is 1.70. The fourth-order valence-corrected chi connectivity index (χ4v) is 2.48. The van der Waals surface area contributed by atoms with Gasteiger partial charge < -0.3 is 15.2 Å². The van der Waals surface area contributed by atoms with Crippen LogP contribution in [0.3, 0.4) is 0 Å². The number of nitrogens with one attached hydrogen (secondary N) is 1. The van der Waals surface area contributed by atoms with Crippen LogP contribution in [-0.2, 0) is 4.74 Å². The zero-order valence-electron chi connectivity index (χ0n) is 9.60. The van der Waals surface area contributed by atoms with E-state index >= 15 is 0 Å². The highest BCUT2D eigenvalue weighted by molar-refractivity contribution is 5.04. The van der Waals surface area contributed by atoms with Gasteiger partial charge in [-0.25, -0.2) is 0 Å². The lowest BCUT2D eigenvalue weighted by molar-refractivity contribution is 0.0668. The Hall–Kier alpha value is -0.120. The third kappa shape index (κ3) is 2.10. The third-order valence-electron chi connectivity index (χ3n) is 3.74. The molecular formula is C11H23NO2. The van der Waals surface area contributed by atoms with Crippen LogP contribution in [0.15, 0.2) is 0 Å². The summed E-state index contributed by atoms with van der Waals surface area (Å²) >= 11 is 0. The van der Waals surface area contributed by atoms with Crippen LogP contribution in [0.25, 0.3) is 0 Å². The molecule has 0 saturated heterocycles. The lowest BCUT2D eigenvalue weighted by Gasteiger charge is -2.41. The summed E-state index contributed by atoms with van der Waals surface area (Å²) in [6, 6.07) is 0. The van der Waals surface area contributed by atoms with Gasteiger partial charge in [-0.2, -0.15) is 0 Å². The number of hydrogen-bond acceptors (Lipinski definition) is 3. The molecule has 0 radical (unpaired) electrons. The number of rotatable bonds is 5. The van der Waals surface area contributed by atoms with Crippen molar-refractivity contribution in [1.29, 1.82) is 0 Å². The lowest BCUT2D eigenvalue weighted by Crippen LogP contribution is -2.56. The van der Waals surface area contributed by atoms with Crippen molar-refractivity contribution in [3.63, 3.8) is 0 Å². The number of methoxy groups -OCH3 is 1. The quantitative estimate of drug-likeness (QED) is 0.656. The molecule has 0 spiro atoms. The summed E-state index contributed by atoms with van der Waals surface area (Å²) in [4.78, 5) is 0. The summed E-state index contributed by atoms with van der Waals surface area (Å²) < 4.78 is 5.02. The molecule has 14 heavy (non-hydrogen) atoms. The molecule has 1 fully saturated rings. The standard InChI is InChI=1S/C11H23NO2/c1-10(2)5-4-6-11(10,9-13)12-7-8-14-3/h12-13H,4-9H2,1-3H3. The first-order valence-corrected chi connectivity index (χ1v) is 5.43. The third-order valence-corrected chi connectivity index (χ3v) is 3.74. The molecule has 1 atom stereocenters. The average molecular weight is 201 g/mol. The number of aliphatic hydroxyl groups excluding tert-OH is 1. The minimum absolute atomic E-state index is 0.0917. The highest BCUT2D eigenvalue weighted by Crippen LogP contribution is 2.45. The summed E-state index contributed by atoms with van der Waals surface area (Å²) in [6.45, 7) is 6.22. The van der Waals surface area contributed by atoms with E-state index in [1.807, 2.05) is 0 Å². The fraction of sp³-hybridized carbons (Fsp3) is 1.00. The first-order chi connectivity index (χ1) is 6.58. The van der Waals surface area contributed by atoms with Crippen LogP contribution in [0.2, 0.25) is 0 Å². The van der Waals surface area contributed by atoms with Crippen molar-refractivity contribution in [3.8, 4) is 0 Å². The normalized spacial score (nSPS) is 30.9. The zero-order chi connectivity index (χ0) is 10.7. The lowest BCUT2D eigenvalue weighted by atomic mass is 9.75. The highest BCUT2D eigenvalue weighted by Gasteiger charge is 2.47. The van der Waals surface area contributed by atoms with Gasteiger partial charge in [0.05, 0.1) is 13.2 Å². The molecular weight excluding hydrogens is 178 g/mol. The molecule has 1 aliphatic carbocycles. The van der Waals surface area contributed by atoms with Gasteiger partial charge in [0.1, 0.15) is 0 Å². The van der Waals surface area contributed by atoms with E-state index in [-0.39, 0.29) is 17.6 Å². The summed E-state index contributed by atoms with van der Waals surface area (Å²) in [6.07, 6.45) is 3.46. The van der Waals surface area contributed by atoms with Crippen LogP contribution in [0, 0.1) is 5.41 Å². The van der Waals surface area contributed by atoms with Crippen molar-refractivity contribution in [1.82, 2.24) is 5.32 Å². The fourth-order valence-electron chi connectivity index (χ4n) is 2.48. The first-order valence-electron chi connectivity index (χ1n) is 5.43. The molecule has 3 nitrogen and oxygen atoms in total. The monoisotopic (exact) mass is 201 g/mol. The molecule has 1 unspecified atom stereocenters. The Balaban J connectivity index is 2.56. The molecule has 2 N–H and O–H groups in total. The number of ether oxygens (including phenoxy) is 1. The molecule has 84 valence electrons. The molecule has 0 aromatic heterocycles. The van der Waals surface area contributed by atoms with Crippen LogP contribution < -0.4 is 5.32 Å². The Bertz CT molecular complexity index is 182. The topological polar surface area (TPSA) is 41.5 Å². The maximum Gasteiger partial charge on any atom is 0.0618 e. The minimum Gasteiger partial charge on any atom is -0.394 e. The first kappa shape index (κ1) is 12.0. The molecule has 0 aliphatic heterocycles. The maximum atomic E-state index is 9.55. The molecule has 0 amide bonds. The maximum absolute atomic E-state index is 9.55. The van der Waals surface area contributed by atoms with Gasteiger partial charge >= 0.3 is 0 Å². The van der Waals surface area contributed by atoms with Crippen LogP contribution in [-0.4, -0.2) is 37.5 Å². The Kier molecular flexibility index (Phi) is 3.93. The van der Waals surface area contributed by atoms with Gasteiger partial charge in [-0.3, -0.25) is 0 Å². The second kappa shape index (κ2) is 4.60. The Morgan fingerprint density at radius 2 is 2.07 bits per heavy atom. The van der Waals surface area contributed by atoms with E-state index in [4.69, 9.17) is 4.74 Å². The van der Waals surface area contributed by atoms with Crippen LogP contribution in [0.4, 0.5) is 0 Å². The summed E-state index contributed by atoms with van der Waals surface area (Å²) in [5.41, 5.74) is 0.0982. The Labute approximate surface area is 86.8 Å². The van der Waals surface area contributed by atoms with Crippen LogP contribution in [0.5, 0.6) is 0 Å². The smallest absolute Gasteiger partial charge is 0.0618 e. The second-order valence-corrected chi connectivity index (χ2v) is 4.90. The Morgan fingerprint density at radius 3 is 2.50 bits per heavy atom. The molecule has 0 aromatic carbocycles. The van der Waals surface area contributed by atoms with Crippen molar-refractivity contribution in [2.45, 2.75) is 38.6 Å². The van der Waals surface area contributed by atoms with E-state index in [0.717, 1.165) is 13.0 Å². The minimum atomic E-state index is -0.0917. The van der Waals surface area contributed by atoms with Crippen LogP contribution >= 0.6 is 0 Å². The second-order valence-electron chi connectivity index (χ2n) is 4.90. The zero-order valence-corrected chi connectivity index (χ0v) is 9.60. The van der Waals surface area contributed by atoms with E-state index in [0.29, 0.717) is 6.61 Å². The van der Waals surface area contributed by atoms with Gasteiger partial charge in [-0.15, -0.1) is 0 Å². The summed E-state index contributed by atoms with van der Waals surface area (Å²) in [5.74, 6) is 0. The van der Waals surface area contributed by atoms with Gasteiger partial charge in [0.25, 0.3) is 0 Å². The molecule has 0 heterocycles. The van der Waals surface area contributed by atoms with E-state index < -0.39 is 0 Å². The predicted octanol–water partition coefficient (Wildman–Crippen LogP) is 1.16. The van der Waals surface area contributed by atoms with E-state index in [1.54, 1.807) is 7.11 Å². The molecule has 1 saturated carbocycles. The van der Waals surface area contributed by atoms with E-state index in [2.05, 4.69) is 19.2 Å². The molecule has 1 aliphatic rings. The van der Waals surface area contributed by atoms with Crippen molar-refractivity contribution in [2.75, 3.05) is 26.9 Å². The van der Waals surface area contributed by atoms with Crippen molar-refractivity contribution in [3.05, 3.63) is 0 Å². The van der Waals surface area contributed by atoms with Gasteiger partial charge in [0.2, 0.25) is 0 Å². The number of aliphatic hydroxyl groups is 1. The predicted molar refractivity (Wildman–Crippen MR) is 57.3 cm³/mol. The average Bonchev–Trinajstić information content (AvgIpc) is 2.43. The van der Waals surface area contributed by atoms with Gasteiger partial charge in [-0.1, -0.05) is 20.3 Å². The largest absolute Gasteiger partial charge is 0.394 e. The molecule has 0 bridgehead atoms. The molecule has 3 heteroatoms. The van der Waals surface area contributed by atoms with Crippen LogP contribution in [0.1, 0.15) is 33.1 Å². The number of hydrogen-bond donors (Lipinski definition) is 2. The summed E-state index contributed by atoms with van der Waals surface area (Å²) in [5, 5.41) is 13.0. The van der Waals surface area contributed by atoms with Gasteiger partial charge in [-0.05, 0) is 18.3 Å². The Morgan fingerprint density at radius 1 is 1.36 bits per heavy atom. The van der Waals surface area contributed by atoms with Crippen molar-refractivity contribution in [2.24, 2.45) is 5.41 Å². The van der Waals surface area contributed by atoms with Gasteiger partial charge in [0.15, 0.2) is 0 Å². The van der Waals surface area contributed by atoms with Gasteiger partial charge in [0, 0.05) is 19.2 Å². The van der Waals surface area contributed by atoms with Crippen molar-refractivity contribution < 1.29 is 9.84 Å². The van der Waals surface area contributed by atoms with E-state index in [1.165, 1.54) is 12.8 Å². The SMILES string of the molecule is COCCNC1(CO)CCCC1(C)C. The molecule has 0 aromatic rings. The van der Waals surface area contributed by atoms with Crippen molar-refractivity contribution >= 4 is 0 Å². The highest BCUT2D eigenvalue weighted by atomic mass is 16.5. The van der Waals surface area contributed by atoms with E-state index in [9.17, 15) is 5.11 Å².